The Morgan fingerprint density at radius 2 is 2.15 bits per heavy atom. The van der Waals surface area contributed by atoms with Crippen LogP contribution in [0.1, 0.15) is 30.4 Å². The molecule has 0 bridgehead atoms. The van der Waals surface area contributed by atoms with Gasteiger partial charge in [-0.15, -0.1) is 0 Å². The second-order valence-electron chi connectivity index (χ2n) is 5.36. The Kier molecular flexibility index (Phi) is 6.20. The average molecular weight is 340 g/mol. The molecule has 1 aliphatic heterocycles. The van der Waals surface area contributed by atoms with E-state index in [1.807, 2.05) is 0 Å². The average Bonchev–Trinajstić information content (AvgIpc) is 2.47. The van der Waals surface area contributed by atoms with Crippen LogP contribution < -0.4 is 0 Å². The summed E-state index contributed by atoms with van der Waals surface area (Å²) in [5, 5.41) is 0. The molecule has 110 valence electrons. The largest absolute Gasteiger partial charge is 0.379 e. The topological polar surface area (TPSA) is 29.5 Å². The number of benzene rings is 1. The predicted molar refractivity (Wildman–Crippen MR) is 84.2 cm³/mol. The van der Waals surface area contributed by atoms with Crippen molar-refractivity contribution in [2.24, 2.45) is 0 Å². The van der Waals surface area contributed by atoms with Crippen molar-refractivity contribution in [1.82, 2.24) is 4.90 Å². The maximum atomic E-state index is 10.6. The standard InChI is InChI=1S/C16H22BrNO2/c1-13(5-9-19)15-3-2-14(16(17)12-15)4-6-18-7-10-20-11-8-18/h2-3,9,12-13H,4-8,10-11H2,1H3. The molecule has 1 saturated heterocycles. The highest BCUT2D eigenvalue weighted by Crippen LogP contribution is 2.25. The van der Waals surface area contributed by atoms with Crippen molar-refractivity contribution in [2.45, 2.75) is 25.7 Å². The van der Waals surface area contributed by atoms with Crippen molar-refractivity contribution in [3.63, 3.8) is 0 Å². The second kappa shape index (κ2) is 7.91. The number of aldehydes is 1. The number of nitrogens with zero attached hydrogens (tertiary/aromatic N) is 1. The second-order valence-corrected chi connectivity index (χ2v) is 6.21. The molecule has 1 unspecified atom stereocenters. The molecule has 1 heterocycles. The fraction of sp³-hybridized carbons (Fsp3) is 0.562. The van der Waals surface area contributed by atoms with Crippen molar-refractivity contribution >= 4 is 22.2 Å². The highest BCUT2D eigenvalue weighted by Gasteiger charge is 2.12. The Hall–Kier alpha value is -0.710. The van der Waals surface area contributed by atoms with Crippen LogP contribution in [0.3, 0.4) is 0 Å². The van der Waals surface area contributed by atoms with E-state index in [0.29, 0.717) is 6.42 Å². The highest BCUT2D eigenvalue weighted by molar-refractivity contribution is 9.10. The Labute approximate surface area is 129 Å². The van der Waals surface area contributed by atoms with E-state index in [1.54, 1.807) is 0 Å². The summed E-state index contributed by atoms with van der Waals surface area (Å²) in [6.07, 6.45) is 2.62. The Balaban J connectivity index is 1.93. The van der Waals surface area contributed by atoms with Crippen molar-refractivity contribution in [3.05, 3.63) is 33.8 Å². The zero-order valence-corrected chi connectivity index (χ0v) is 13.6. The first-order valence-corrected chi connectivity index (χ1v) is 8.02. The third-order valence-electron chi connectivity index (χ3n) is 3.90. The molecule has 2 rings (SSSR count). The van der Waals surface area contributed by atoms with Gasteiger partial charge in [-0.1, -0.05) is 35.0 Å². The molecule has 1 aromatic carbocycles. The van der Waals surface area contributed by atoms with Gasteiger partial charge in [-0.2, -0.15) is 0 Å². The van der Waals surface area contributed by atoms with Gasteiger partial charge in [-0.3, -0.25) is 4.90 Å². The van der Waals surface area contributed by atoms with Gasteiger partial charge in [0, 0.05) is 30.5 Å². The van der Waals surface area contributed by atoms with Crippen LogP contribution in [0, 0.1) is 0 Å². The molecule has 0 radical (unpaired) electrons. The fourth-order valence-corrected chi connectivity index (χ4v) is 3.05. The third-order valence-corrected chi connectivity index (χ3v) is 4.64. The number of morpholine rings is 1. The van der Waals surface area contributed by atoms with Crippen molar-refractivity contribution in [3.8, 4) is 0 Å². The van der Waals surface area contributed by atoms with E-state index in [9.17, 15) is 4.79 Å². The summed E-state index contributed by atoms with van der Waals surface area (Å²) in [5.74, 6) is 0.289. The minimum atomic E-state index is 0.289. The van der Waals surface area contributed by atoms with Crippen molar-refractivity contribution in [1.29, 1.82) is 0 Å². The minimum Gasteiger partial charge on any atom is -0.379 e. The van der Waals surface area contributed by atoms with Gasteiger partial charge < -0.3 is 9.53 Å². The summed E-state index contributed by atoms with van der Waals surface area (Å²) >= 11 is 3.66. The van der Waals surface area contributed by atoms with Crippen LogP contribution in [-0.2, 0) is 16.0 Å². The van der Waals surface area contributed by atoms with Gasteiger partial charge in [0.2, 0.25) is 0 Å². The molecular formula is C16H22BrNO2. The lowest BCUT2D eigenvalue weighted by atomic mass is 9.97. The quantitative estimate of drug-likeness (QED) is 0.746. The lowest BCUT2D eigenvalue weighted by Gasteiger charge is -2.26. The van der Waals surface area contributed by atoms with Gasteiger partial charge in [0.25, 0.3) is 0 Å². The van der Waals surface area contributed by atoms with Crippen LogP contribution in [0.4, 0.5) is 0 Å². The zero-order chi connectivity index (χ0) is 14.4. The number of carbonyl (C=O) groups excluding carboxylic acids is 1. The van der Waals surface area contributed by atoms with Crippen LogP contribution in [-0.4, -0.2) is 44.0 Å². The molecule has 0 aliphatic carbocycles. The molecule has 4 heteroatoms. The van der Waals surface area contributed by atoms with E-state index in [-0.39, 0.29) is 5.92 Å². The number of halogens is 1. The Morgan fingerprint density at radius 1 is 1.40 bits per heavy atom. The van der Waals surface area contributed by atoms with E-state index in [2.05, 4.69) is 46.0 Å². The smallest absolute Gasteiger partial charge is 0.120 e. The van der Waals surface area contributed by atoms with Gasteiger partial charge >= 0.3 is 0 Å². The molecule has 1 aromatic rings. The SMILES string of the molecule is CC(CC=O)c1ccc(CCN2CCOCC2)c(Br)c1. The summed E-state index contributed by atoms with van der Waals surface area (Å²) in [5.41, 5.74) is 2.55. The van der Waals surface area contributed by atoms with E-state index in [1.165, 1.54) is 11.1 Å². The van der Waals surface area contributed by atoms with Crippen LogP contribution in [0.2, 0.25) is 0 Å². The molecule has 1 atom stereocenters. The molecule has 1 fully saturated rings. The number of rotatable bonds is 6. The van der Waals surface area contributed by atoms with Crippen LogP contribution in [0.5, 0.6) is 0 Å². The monoisotopic (exact) mass is 339 g/mol. The zero-order valence-electron chi connectivity index (χ0n) is 12.0. The molecule has 0 aromatic heterocycles. The van der Waals surface area contributed by atoms with E-state index in [4.69, 9.17) is 4.74 Å². The summed E-state index contributed by atoms with van der Waals surface area (Å²) < 4.78 is 6.51. The summed E-state index contributed by atoms with van der Waals surface area (Å²) in [6.45, 7) is 6.93. The maximum Gasteiger partial charge on any atom is 0.120 e. The Morgan fingerprint density at radius 3 is 2.80 bits per heavy atom. The lowest BCUT2D eigenvalue weighted by molar-refractivity contribution is -0.108. The van der Waals surface area contributed by atoms with Gasteiger partial charge in [0.15, 0.2) is 0 Å². The van der Waals surface area contributed by atoms with Crippen LogP contribution in [0.15, 0.2) is 22.7 Å². The number of carbonyl (C=O) groups is 1. The van der Waals surface area contributed by atoms with Gasteiger partial charge in [0.05, 0.1) is 13.2 Å². The van der Waals surface area contributed by atoms with Crippen LogP contribution >= 0.6 is 15.9 Å². The molecule has 0 N–H and O–H groups in total. The minimum absolute atomic E-state index is 0.289. The fourth-order valence-electron chi connectivity index (χ4n) is 2.46. The summed E-state index contributed by atoms with van der Waals surface area (Å²) in [4.78, 5) is 13.0. The van der Waals surface area contributed by atoms with Crippen molar-refractivity contribution in [2.75, 3.05) is 32.8 Å². The normalized spacial score (nSPS) is 17.9. The van der Waals surface area contributed by atoms with Crippen LogP contribution in [0.25, 0.3) is 0 Å². The number of hydrogen-bond acceptors (Lipinski definition) is 3. The van der Waals surface area contributed by atoms with E-state index in [0.717, 1.165) is 50.0 Å². The van der Waals surface area contributed by atoms with E-state index < -0.39 is 0 Å². The molecule has 20 heavy (non-hydrogen) atoms. The molecular weight excluding hydrogens is 318 g/mol. The number of ether oxygens (including phenoxy) is 1. The lowest BCUT2D eigenvalue weighted by Crippen LogP contribution is -2.37. The first-order valence-electron chi connectivity index (χ1n) is 7.22. The molecule has 0 spiro atoms. The first kappa shape index (κ1) is 15.7. The van der Waals surface area contributed by atoms with E-state index >= 15 is 0 Å². The van der Waals surface area contributed by atoms with Gasteiger partial charge in [-0.25, -0.2) is 0 Å². The Bertz CT molecular complexity index is 444. The van der Waals surface area contributed by atoms with Gasteiger partial charge in [0.1, 0.15) is 6.29 Å². The molecule has 3 nitrogen and oxygen atoms in total. The maximum absolute atomic E-state index is 10.6. The predicted octanol–water partition coefficient (Wildman–Crippen LogP) is 3.02. The van der Waals surface area contributed by atoms with Crippen molar-refractivity contribution < 1.29 is 9.53 Å². The molecule has 0 saturated carbocycles. The number of hydrogen-bond donors (Lipinski definition) is 0. The van der Waals surface area contributed by atoms with Gasteiger partial charge in [-0.05, 0) is 29.5 Å². The first-order chi connectivity index (χ1) is 9.70. The molecule has 0 amide bonds. The molecule has 1 aliphatic rings. The third kappa shape index (κ3) is 4.40. The highest BCUT2D eigenvalue weighted by atomic mass is 79.9. The summed E-state index contributed by atoms with van der Waals surface area (Å²) in [6, 6.07) is 6.48. The summed E-state index contributed by atoms with van der Waals surface area (Å²) in [7, 11) is 0.